The zero-order valence-corrected chi connectivity index (χ0v) is 58.5. The van der Waals surface area contributed by atoms with Crippen LogP contribution in [0.5, 0.6) is 0 Å². The SMILES string of the molecule is CC[C@H]1OC(=O)[C@H](C)[C@@H](O)[C@H](C)[C@@H](O[C@@H]2O[C@H](C)C[C@H](N(C)C)[C@H]2O)[C@@](C)(OC)C[C@@H](C)C(=O)/C(CC#Cc2ccccc2)=C/[C@]1(C)O.CC[C@H]1OC(=O)[C@H](C)[C@@H](O)[C@H](C)[C@@H](O[C@@H]2O[C@H](C)C[C@H](N(C)C)[C@H]2O)[C@@](C)(OC)C[C@@H](C)C(=O)/C(COC(C)=O)=C/[C@]1(C)O. The minimum absolute atomic E-state index is 0.0370. The number of rotatable bonds is 13. The molecular weight excluding hydrogens is 1190 g/mol. The van der Waals surface area contributed by atoms with Crippen molar-refractivity contribution < 1.29 is 97.2 Å². The van der Waals surface area contributed by atoms with E-state index >= 15 is 0 Å². The third kappa shape index (κ3) is 20.5. The lowest BCUT2D eigenvalue weighted by atomic mass is 9.76. The fourth-order valence-corrected chi connectivity index (χ4v) is 13.4. The van der Waals surface area contributed by atoms with Gasteiger partial charge in [0, 0.05) is 80.0 Å². The number of carbonyl (C=O) groups excluding carboxylic acids is 5. The number of benzene rings is 1. The number of hydrogen-bond donors (Lipinski definition) is 6. The van der Waals surface area contributed by atoms with Crippen LogP contribution >= 0.6 is 0 Å². The highest BCUT2D eigenvalue weighted by molar-refractivity contribution is 5.98. The lowest BCUT2D eigenvalue weighted by Gasteiger charge is -2.47. The van der Waals surface area contributed by atoms with Crippen LogP contribution in [-0.4, -0.2) is 227 Å². The maximum absolute atomic E-state index is 14.2. The van der Waals surface area contributed by atoms with Gasteiger partial charge in [0.25, 0.3) is 0 Å². The number of methoxy groups -OCH3 is 2. The van der Waals surface area contributed by atoms with Crippen molar-refractivity contribution in [2.45, 2.75) is 257 Å². The summed E-state index contributed by atoms with van der Waals surface area (Å²) in [6.07, 6.45) is -6.56. The first-order valence-electron chi connectivity index (χ1n) is 32.6. The molecule has 522 valence electrons. The summed E-state index contributed by atoms with van der Waals surface area (Å²) in [6.45, 7) is 24.6. The van der Waals surface area contributed by atoms with Crippen LogP contribution < -0.4 is 0 Å². The average Bonchev–Trinajstić information content (AvgIpc) is 0.827. The summed E-state index contributed by atoms with van der Waals surface area (Å²) in [5.41, 5.74) is -4.83. The van der Waals surface area contributed by atoms with E-state index in [9.17, 15) is 54.6 Å². The first-order valence-corrected chi connectivity index (χ1v) is 32.6. The maximum Gasteiger partial charge on any atom is 0.311 e. The van der Waals surface area contributed by atoms with Crippen LogP contribution in [0.25, 0.3) is 0 Å². The molecule has 2 saturated heterocycles. The standard InChI is InChI=1S/C38H57NO9.C32H55NO11/c1-11-30-37(6,44)22-28(19-15-18-27-16-13-12-14-17-27)31(40)23(2)21-38(7,45-10)34(25(4)32(41)26(5)35(43)47-30)48-36-33(42)29(39(8)9)20-24(3)46-36;1-12-24-31(7,39)15-22(16-41-21(6)34)25(35)17(2)14-32(8,40-11)28(19(4)26(36)20(5)29(38)43-24)44-30-27(37)23(33(9)10)13-18(3)42-30/h12-14,16-17,22-26,29-30,32-34,36,41-42,44H,11,19-21H2,1-10H3;15,17-20,23-24,26-28,30,36-37,39H,12-14,16H2,1-11H3/b28-22+;22-15+/t23-,24-,25+,26-,29+,30-,32+,33-,34-,36+,37+,38+;17-,18-,19+,20-,23+,24-,26+,27-,28-,30+,31+,32+/m11/s1. The molecule has 0 saturated carbocycles. The molecule has 0 bridgehead atoms. The molecule has 0 aromatic heterocycles. The Hall–Kier alpha value is -4.55. The number of Topliss-reactive ketones (excluding diaryl/α,β-unsaturated/α-hetero) is 2. The van der Waals surface area contributed by atoms with Gasteiger partial charge in [-0.15, -0.1) is 0 Å². The minimum Gasteiger partial charge on any atom is -0.461 e. The van der Waals surface area contributed by atoms with E-state index in [2.05, 4.69) is 11.8 Å². The second-order valence-electron chi connectivity index (χ2n) is 27.6. The van der Waals surface area contributed by atoms with Gasteiger partial charge in [0.05, 0.1) is 59.7 Å². The van der Waals surface area contributed by atoms with Gasteiger partial charge in [0.15, 0.2) is 24.1 Å². The highest BCUT2D eigenvalue weighted by Crippen LogP contribution is 2.41. The monoisotopic (exact) mass is 1300 g/mol. The first kappa shape index (κ1) is 79.9. The lowest BCUT2D eigenvalue weighted by molar-refractivity contribution is -0.301. The second-order valence-corrected chi connectivity index (χ2v) is 27.6. The second kappa shape index (κ2) is 34.4. The number of esters is 3. The fourth-order valence-electron chi connectivity index (χ4n) is 13.4. The third-order valence-electron chi connectivity index (χ3n) is 19.2. The predicted octanol–water partition coefficient (Wildman–Crippen LogP) is 5.89. The Labute approximate surface area is 547 Å². The van der Waals surface area contributed by atoms with Crippen LogP contribution in [0.2, 0.25) is 0 Å². The summed E-state index contributed by atoms with van der Waals surface area (Å²) in [5, 5.41) is 68.8. The lowest BCUT2D eigenvalue weighted by Crippen LogP contribution is -2.59. The summed E-state index contributed by atoms with van der Waals surface area (Å²) in [5.74, 6) is -1.52. The number of ketones is 2. The van der Waals surface area contributed by atoms with Crippen molar-refractivity contribution in [3.63, 3.8) is 0 Å². The number of nitrogens with zero attached hydrogens (tertiary/aromatic N) is 2. The normalized spacial score (nSPS) is 41.2. The average molecular weight is 1300 g/mol. The van der Waals surface area contributed by atoms with Gasteiger partial charge in [-0.2, -0.15) is 0 Å². The summed E-state index contributed by atoms with van der Waals surface area (Å²) in [4.78, 5) is 70.5. The van der Waals surface area contributed by atoms with Gasteiger partial charge in [-0.3, -0.25) is 24.0 Å². The summed E-state index contributed by atoms with van der Waals surface area (Å²) < 4.78 is 54.1. The molecule has 5 rings (SSSR count). The third-order valence-corrected chi connectivity index (χ3v) is 19.2. The summed E-state index contributed by atoms with van der Waals surface area (Å²) >= 11 is 0. The van der Waals surface area contributed by atoms with Crippen molar-refractivity contribution >= 4 is 29.5 Å². The number of likely N-dealkylation sites (N-methyl/N-ethyl adjacent to an activating group) is 2. The largest absolute Gasteiger partial charge is 0.461 e. The molecule has 2 fully saturated rings. The van der Waals surface area contributed by atoms with Crippen LogP contribution in [0.3, 0.4) is 0 Å². The molecule has 0 amide bonds. The fraction of sp³-hybridized carbons (Fsp3) is 0.757. The number of cyclic esters (lactones) is 2. The molecule has 92 heavy (non-hydrogen) atoms. The number of ether oxygens (including phenoxy) is 9. The number of aliphatic hydroxyl groups excluding tert-OH is 4. The molecule has 0 unspecified atom stereocenters. The number of allylic oxidation sites excluding steroid dienone is 1. The highest BCUT2D eigenvalue weighted by atomic mass is 16.7. The van der Waals surface area contributed by atoms with Gasteiger partial charge in [-0.1, -0.05) is 71.6 Å². The zero-order chi connectivity index (χ0) is 69.7. The Bertz CT molecular complexity index is 2710. The molecule has 24 atom stereocenters. The van der Waals surface area contributed by atoms with Crippen LogP contribution in [0.15, 0.2) is 53.6 Å². The smallest absolute Gasteiger partial charge is 0.311 e. The first-order chi connectivity index (χ1) is 42.7. The van der Waals surface area contributed by atoms with E-state index in [4.69, 9.17) is 42.6 Å². The molecule has 0 spiro atoms. The molecule has 0 radical (unpaired) electrons. The molecule has 22 heteroatoms. The van der Waals surface area contributed by atoms with E-state index < -0.39 is 143 Å². The van der Waals surface area contributed by atoms with Crippen LogP contribution in [0.4, 0.5) is 0 Å². The topological polar surface area (TPSA) is 296 Å². The van der Waals surface area contributed by atoms with E-state index in [1.165, 1.54) is 54.1 Å². The van der Waals surface area contributed by atoms with E-state index in [-0.39, 0.29) is 79.9 Å². The van der Waals surface area contributed by atoms with E-state index in [0.29, 0.717) is 12.8 Å². The summed E-state index contributed by atoms with van der Waals surface area (Å²) in [6, 6.07) is 8.89. The number of aliphatic hydroxyl groups is 6. The van der Waals surface area contributed by atoms with Gasteiger partial charge in [0.2, 0.25) is 0 Å². The van der Waals surface area contributed by atoms with Gasteiger partial charge in [-0.25, -0.2) is 0 Å². The van der Waals surface area contributed by atoms with E-state index in [1.54, 1.807) is 62.3 Å². The van der Waals surface area contributed by atoms with Crippen LogP contribution in [0, 0.1) is 47.3 Å². The Morgan fingerprint density at radius 1 is 0.609 bits per heavy atom. The molecule has 4 heterocycles. The van der Waals surface area contributed by atoms with Crippen molar-refractivity contribution in [1.82, 2.24) is 9.80 Å². The molecule has 1 aromatic carbocycles. The van der Waals surface area contributed by atoms with Crippen LogP contribution in [0.1, 0.15) is 154 Å². The van der Waals surface area contributed by atoms with Crippen molar-refractivity contribution in [3.8, 4) is 11.8 Å². The maximum atomic E-state index is 14.2. The Morgan fingerprint density at radius 2 is 0.989 bits per heavy atom. The highest BCUT2D eigenvalue weighted by Gasteiger charge is 2.52. The van der Waals surface area contributed by atoms with Crippen molar-refractivity contribution in [2.75, 3.05) is 49.0 Å². The van der Waals surface area contributed by atoms with Gasteiger partial charge >= 0.3 is 17.9 Å². The molecule has 0 aliphatic carbocycles. The van der Waals surface area contributed by atoms with Crippen LogP contribution in [-0.2, 0) is 66.6 Å². The molecule has 4 aliphatic heterocycles. The molecule has 4 aliphatic rings. The van der Waals surface area contributed by atoms with Gasteiger partial charge in [-0.05, 0) is 146 Å². The van der Waals surface area contributed by atoms with Crippen molar-refractivity contribution in [1.29, 1.82) is 0 Å². The van der Waals surface area contributed by atoms with E-state index in [0.717, 1.165) is 5.56 Å². The van der Waals surface area contributed by atoms with Crippen molar-refractivity contribution in [3.05, 3.63) is 59.2 Å². The van der Waals surface area contributed by atoms with Crippen molar-refractivity contribution in [2.24, 2.45) is 35.5 Å². The van der Waals surface area contributed by atoms with Gasteiger partial charge in [0.1, 0.15) is 42.2 Å². The molecule has 22 nitrogen and oxygen atoms in total. The molecular formula is C70H112N2O20. The Balaban J connectivity index is 0.000000394. The summed E-state index contributed by atoms with van der Waals surface area (Å²) in [7, 11) is 10.5. The van der Waals surface area contributed by atoms with Gasteiger partial charge < -0.3 is 83.1 Å². The predicted molar refractivity (Wildman–Crippen MR) is 344 cm³/mol. The number of hydrogen-bond acceptors (Lipinski definition) is 22. The Morgan fingerprint density at radius 3 is 1.35 bits per heavy atom. The molecule has 1 aromatic rings. The Kier molecular flexibility index (Phi) is 29.9. The minimum atomic E-state index is -1.79. The van der Waals surface area contributed by atoms with E-state index in [1.807, 2.05) is 82.2 Å². The number of carbonyl (C=O) groups is 5. The quantitative estimate of drug-likeness (QED) is 0.0762. The molecule has 6 N–H and O–H groups in total. The zero-order valence-electron chi connectivity index (χ0n) is 58.5.